The van der Waals surface area contributed by atoms with E-state index in [1.54, 1.807) is 12.1 Å². The molecule has 0 saturated heterocycles. The third kappa shape index (κ3) is 6.68. The molecule has 1 aliphatic heterocycles. The Labute approximate surface area is 495 Å². The zero-order valence-corrected chi connectivity index (χ0v) is 47.4. The Morgan fingerprint density at radius 2 is 1.10 bits per heavy atom. The van der Waals surface area contributed by atoms with Crippen LogP contribution in [0.15, 0.2) is 251 Å². The van der Waals surface area contributed by atoms with E-state index >= 15 is 8.78 Å². The van der Waals surface area contributed by atoms with Crippen LogP contribution in [0.2, 0.25) is 0 Å². The molecule has 0 radical (unpaired) electrons. The topological polar surface area (TPSA) is 37.7 Å². The summed E-state index contributed by atoms with van der Waals surface area (Å²) in [6, 6.07) is 75.3. The zero-order chi connectivity index (χ0) is 57.1. The van der Waals surface area contributed by atoms with Crippen molar-refractivity contribution < 1.29 is 17.6 Å². The molecule has 0 bridgehead atoms. The maximum atomic E-state index is 16.0. The van der Waals surface area contributed by atoms with Crippen LogP contribution < -0.4 is 9.80 Å². The number of halogens is 2. The number of anilines is 4. The zero-order valence-electron chi connectivity index (χ0n) is 47.4. The molecule has 0 amide bonds. The van der Waals surface area contributed by atoms with Crippen LogP contribution in [-0.2, 0) is 11.8 Å². The number of para-hydroxylation sites is 5. The average Bonchev–Trinajstić information content (AvgIpc) is 1.47. The van der Waals surface area contributed by atoms with Crippen molar-refractivity contribution in [2.45, 2.75) is 56.9 Å². The Morgan fingerprint density at radius 3 is 1.74 bits per heavy atom. The molecule has 2 unspecified atom stereocenters. The lowest BCUT2D eigenvalue weighted by Gasteiger charge is -2.48. The van der Waals surface area contributed by atoms with Gasteiger partial charge in [0.05, 0.1) is 34.0 Å². The van der Waals surface area contributed by atoms with Crippen molar-refractivity contribution in [2.75, 3.05) is 9.80 Å². The lowest BCUT2D eigenvalue weighted by molar-refractivity contribution is 0.446. The summed E-state index contributed by atoms with van der Waals surface area (Å²) >= 11 is 0. The van der Waals surface area contributed by atoms with Crippen molar-refractivity contribution in [2.24, 2.45) is 0 Å². The molecule has 3 aromatic heterocycles. The van der Waals surface area contributed by atoms with E-state index in [4.69, 9.17) is 8.83 Å². The van der Waals surface area contributed by atoms with Crippen LogP contribution in [0.3, 0.4) is 0 Å². The van der Waals surface area contributed by atoms with Crippen LogP contribution in [0.5, 0.6) is 0 Å². The number of aryl methyl sites for hydroxylation is 1. The third-order valence-electron chi connectivity index (χ3n) is 19.6. The van der Waals surface area contributed by atoms with Crippen molar-refractivity contribution >= 4 is 105 Å². The minimum absolute atomic E-state index is 0.0882. The number of hydrogen-bond acceptors (Lipinski definition) is 4. The number of fused-ring (bicyclic) bond motifs is 22. The Balaban J connectivity index is 0.964. The van der Waals surface area contributed by atoms with Gasteiger partial charge in [-0.25, -0.2) is 8.78 Å². The molecule has 4 aliphatic rings. The van der Waals surface area contributed by atoms with E-state index in [2.05, 4.69) is 216 Å². The molecule has 14 aromatic rings. The summed E-state index contributed by atoms with van der Waals surface area (Å²) in [5.41, 5.74) is 19.4. The predicted molar refractivity (Wildman–Crippen MR) is 349 cm³/mol. The minimum atomic E-state index is -0.697. The summed E-state index contributed by atoms with van der Waals surface area (Å²) in [4.78, 5) is 4.82. The van der Waals surface area contributed by atoms with Gasteiger partial charge in [-0.1, -0.05) is 189 Å². The maximum Gasteiger partial charge on any atom is 0.171 e. The van der Waals surface area contributed by atoms with E-state index in [0.29, 0.717) is 17.6 Å². The molecule has 3 aliphatic carbocycles. The monoisotopic (exact) mass is 1120 g/mol. The van der Waals surface area contributed by atoms with Crippen LogP contribution in [0.1, 0.15) is 72.5 Å². The second kappa shape index (κ2) is 18.4. The summed E-state index contributed by atoms with van der Waals surface area (Å²) < 4.78 is 47.8. The van der Waals surface area contributed by atoms with Gasteiger partial charge in [0.1, 0.15) is 0 Å². The number of allylic oxidation sites excluding steroid dienone is 3. The number of benzene rings is 11. The first kappa shape index (κ1) is 49.2. The van der Waals surface area contributed by atoms with Gasteiger partial charge < -0.3 is 23.2 Å². The van der Waals surface area contributed by atoms with Gasteiger partial charge in [0, 0.05) is 61.2 Å². The van der Waals surface area contributed by atoms with Gasteiger partial charge in [-0.3, -0.25) is 0 Å². The summed E-state index contributed by atoms with van der Waals surface area (Å²) in [5.74, 6) is -0.949. The first-order chi connectivity index (χ1) is 42.4. The third-order valence-corrected chi connectivity index (χ3v) is 19.6. The maximum absolute atomic E-state index is 16.0. The summed E-state index contributed by atoms with van der Waals surface area (Å²) in [6.07, 6.45) is 12.6. The highest BCUT2D eigenvalue weighted by Crippen LogP contribution is 2.68. The quantitative estimate of drug-likeness (QED) is 0.152. The normalized spacial score (nSPS) is 16.3. The van der Waals surface area contributed by atoms with Crippen LogP contribution in [0, 0.1) is 11.6 Å². The molecule has 86 heavy (non-hydrogen) atoms. The van der Waals surface area contributed by atoms with Crippen LogP contribution in [0.4, 0.5) is 31.5 Å². The fraction of sp³-hybridized carbons (Fsp3) is 0.114. The Morgan fingerprint density at radius 1 is 0.523 bits per heavy atom. The molecule has 412 valence electrons. The fourth-order valence-electron chi connectivity index (χ4n) is 15.9. The van der Waals surface area contributed by atoms with Gasteiger partial charge in [-0.2, -0.15) is 0 Å². The van der Waals surface area contributed by atoms with Gasteiger partial charge in [-0.15, -0.1) is 0 Å². The second-order valence-electron chi connectivity index (χ2n) is 23.7. The molecule has 5 nitrogen and oxygen atoms in total. The van der Waals surface area contributed by atoms with E-state index in [-0.39, 0.29) is 28.9 Å². The average molecular weight is 1120 g/mol. The van der Waals surface area contributed by atoms with Gasteiger partial charge in [0.25, 0.3) is 0 Å². The first-order valence-electron chi connectivity index (χ1n) is 30.2. The molecule has 18 rings (SSSR count). The van der Waals surface area contributed by atoms with Crippen LogP contribution >= 0.6 is 0 Å². The fourth-order valence-corrected chi connectivity index (χ4v) is 15.9. The molecule has 4 heterocycles. The molecule has 1 spiro atoms. The summed E-state index contributed by atoms with van der Waals surface area (Å²) in [5, 5.41) is 9.19. The van der Waals surface area contributed by atoms with Crippen molar-refractivity contribution in [3.63, 3.8) is 0 Å². The Kier molecular flexibility index (Phi) is 10.5. The van der Waals surface area contributed by atoms with E-state index in [0.717, 1.165) is 91.4 Å². The number of furan rings is 2. The van der Waals surface area contributed by atoms with E-state index < -0.39 is 11.2 Å². The van der Waals surface area contributed by atoms with Crippen molar-refractivity contribution in [3.05, 3.63) is 287 Å². The van der Waals surface area contributed by atoms with Crippen molar-refractivity contribution in [1.29, 1.82) is 0 Å². The highest BCUT2D eigenvalue weighted by Gasteiger charge is 2.57. The first-order valence-corrected chi connectivity index (χ1v) is 30.2. The molecule has 0 N–H and O–H groups in total. The van der Waals surface area contributed by atoms with E-state index in [9.17, 15) is 0 Å². The highest BCUT2D eigenvalue weighted by atomic mass is 19.1. The van der Waals surface area contributed by atoms with Crippen LogP contribution in [-0.4, -0.2) is 10.6 Å². The van der Waals surface area contributed by atoms with E-state index in [1.807, 2.05) is 24.3 Å². The lowest BCUT2D eigenvalue weighted by atomic mass is 9.58. The van der Waals surface area contributed by atoms with Gasteiger partial charge in [-0.05, 0) is 147 Å². The molecular formula is C79H55F2N3O2. The highest BCUT2D eigenvalue weighted by molar-refractivity contribution is 6.14. The van der Waals surface area contributed by atoms with Crippen molar-refractivity contribution in [1.82, 2.24) is 4.57 Å². The van der Waals surface area contributed by atoms with Gasteiger partial charge >= 0.3 is 0 Å². The number of hydrogen-bond donors (Lipinski definition) is 0. The SMILES string of the molecule is CCC1=CCC(N(c2ccc3c(c2)c2c4n3-c3ccccc3C3(c5ccc6ccccc6c5-c5c3ccc3ccccc53)C4CC(N(c3ccc(CC)cc3)c3cccc4c3oc3c(F)cccc34)=C2)c2cccc3c2oc2c(F)cccc23)C=C1. The summed E-state index contributed by atoms with van der Waals surface area (Å²) in [7, 11) is 0. The molecule has 11 aromatic carbocycles. The largest absolute Gasteiger partial charge is 0.451 e. The second-order valence-corrected chi connectivity index (χ2v) is 23.7. The Hall–Kier alpha value is -10.2. The van der Waals surface area contributed by atoms with Crippen molar-refractivity contribution in [3.8, 4) is 16.8 Å². The van der Waals surface area contributed by atoms with Gasteiger partial charge in [0.15, 0.2) is 34.0 Å². The number of aromatic nitrogens is 1. The molecule has 0 saturated carbocycles. The van der Waals surface area contributed by atoms with E-state index in [1.165, 1.54) is 78.3 Å². The number of nitrogens with zero attached hydrogens (tertiary/aromatic N) is 3. The predicted octanol–water partition coefficient (Wildman–Crippen LogP) is 21.4. The molecule has 2 atom stereocenters. The molecule has 7 heteroatoms. The number of rotatable bonds is 8. The molecule has 0 fully saturated rings. The van der Waals surface area contributed by atoms with Gasteiger partial charge in [0.2, 0.25) is 0 Å². The van der Waals surface area contributed by atoms with Crippen LogP contribution in [0.25, 0.3) is 99.2 Å². The lowest BCUT2D eigenvalue weighted by Crippen LogP contribution is -2.42. The smallest absolute Gasteiger partial charge is 0.171 e. The standard InChI is InChI=1S/C79H55F2N3O2/c1-3-46-29-35-50(36-30-46)82(70-27-13-21-58-56-19-11-24-66(80)75(56)85-77(58)70)52-39-42-68-60(43-52)61-44-53(83(51-37-31-47(4-2)32-38-51)71-28-14-22-59-57-20-12-25-67(81)76(57)86-78(59)71)45-65-74(61)84(68)69-26-10-9-23-62(69)79(65)63-40-33-48-15-5-7-17-54(48)72(63)73-55-18-8-6-16-49(55)34-41-64(73)79/h5-35,37-44,50,65H,3-4,36,45H2,1-2H3. The Bertz CT molecular complexity index is 5260. The summed E-state index contributed by atoms with van der Waals surface area (Å²) in [6.45, 7) is 4.40. The molecular weight excluding hydrogens is 1060 g/mol. The minimum Gasteiger partial charge on any atom is -0.451 e.